The van der Waals surface area contributed by atoms with Crippen molar-refractivity contribution >= 4 is 5.97 Å². The van der Waals surface area contributed by atoms with Crippen LogP contribution in [0.3, 0.4) is 0 Å². The first kappa shape index (κ1) is 10.5. The molecule has 1 aliphatic carbocycles. The van der Waals surface area contributed by atoms with Crippen LogP contribution >= 0.6 is 0 Å². The zero-order chi connectivity index (χ0) is 11.1. The van der Waals surface area contributed by atoms with Crippen LogP contribution in [0.5, 0.6) is 0 Å². The monoisotopic (exact) mass is 224 g/mol. The van der Waals surface area contributed by atoms with E-state index in [-0.39, 0.29) is 6.04 Å². The van der Waals surface area contributed by atoms with E-state index < -0.39 is 5.97 Å². The van der Waals surface area contributed by atoms with Gasteiger partial charge in [0.15, 0.2) is 0 Å². The summed E-state index contributed by atoms with van der Waals surface area (Å²) in [6.07, 6.45) is 4.55. The van der Waals surface area contributed by atoms with Crippen molar-refractivity contribution in [1.82, 2.24) is 10.2 Å². The second-order valence-electron chi connectivity index (χ2n) is 5.56. The Hall–Kier alpha value is -0.610. The minimum atomic E-state index is -0.650. The lowest BCUT2D eigenvalue weighted by molar-refractivity contribution is -0.140. The average Bonchev–Trinajstić information content (AvgIpc) is 3.01. The van der Waals surface area contributed by atoms with Gasteiger partial charge in [0.05, 0.1) is 0 Å². The Bertz CT molecular complexity index is 291. The average molecular weight is 224 g/mol. The molecule has 0 amide bonds. The number of nitrogens with one attached hydrogen (secondary N) is 1. The predicted molar refractivity (Wildman–Crippen MR) is 60.2 cm³/mol. The first-order valence-corrected chi connectivity index (χ1v) is 6.45. The minimum Gasteiger partial charge on any atom is -0.480 e. The lowest BCUT2D eigenvalue weighted by atomic mass is 9.93. The van der Waals surface area contributed by atoms with Crippen molar-refractivity contribution in [3.8, 4) is 0 Å². The summed E-state index contributed by atoms with van der Waals surface area (Å²) in [5.41, 5.74) is 0. The van der Waals surface area contributed by atoms with Crippen LogP contribution in [-0.4, -0.2) is 47.7 Å². The number of hydrogen-bond donors (Lipinski definition) is 2. The Morgan fingerprint density at radius 1 is 1.25 bits per heavy atom. The van der Waals surface area contributed by atoms with Crippen molar-refractivity contribution in [3.05, 3.63) is 0 Å². The zero-order valence-electron chi connectivity index (χ0n) is 9.56. The zero-order valence-corrected chi connectivity index (χ0v) is 9.56. The van der Waals surface area contributed by atoms with E-state index in [1.807, 2.05) is 0 Å². The molecular weight excluding hydrogens is 204 g/mol. The van der Waals surface area contributed by atoms with Crippen LogP contribution < -0.4 is 5.32 Å². The van der Waals surface area contributed by atoms with Gasteiger partial charge in [0.1, 0.15) is 6.04 Å². The Morgan fingerprint density at radius 2 is 2.00 bits per heavy atom. The molecular formula is C12H20N2O2. The van der Waals surface area contributed by atoms with Crippen LogP contribution in [0, 0.1) is 11.8 Å². The maximum atomic E-state index is 11.2. The number of hydrogen-bond acceptors (Lipinski definition) is 3. The molecule has 2 heterocycles. The molecule has 3 fully saturated rings. The molecule has 90 valence electrons. The normalized spacial score (nSPS) is 39.6. The molecule has 4 atom stereocenters. The maximum Gasteiger partial charge on any atom is 0.320 e. The van der Waals surface area contributed by atoms with Crippen molar-refractivity contribution in [2.75, 3.05) is 19.6 Å². The van der Waals surface area contributed by atoms with Crippen molar-refractivity contribution in [3.63, 3.8) is 0 Å². The van der Waals surface area contributed by atoms with Crippen LogP contribution in [0.4, 0.5) is 0 Å². The first-order chi connectivity index (χ1) is 7.74. The number of aliphatic carboxylic acids is 1. The number of fused-ring (bicyclic) bond motifs is 2. The van der Waals surface area contributed by atoms with Crippen molar-refractivity contribution < 1.29 is 9.90 Å². The topological polar surface area (TPSA) is 52.6 Å². The quantitative estimate of drug-likeness (QED) is 0.731. The number of rotatable bonds is 4. The maximum absolute atomic E-state index is 11.2. The Labute approximate surface area is 96.0 Å². The fourth-order valence-corrected chi connectivity index (χ4v) is 3.24. The van der Waals surface area contributed by atoms with Crippen LogP contribution in [0.1, 0.15) is 25.7 Å². The van der Waals surface area contributed by atoms with Gasteiger partial charge in [-0.2, -0.15) is 0 Å². The van der Waals surface area contributed by atoms with Crippen LogP contribution in [-0.2, 0) is 4.79 Å². The summed E-state index contributed by atoms with van der Waals surface area (Å²) in [6.45, 7) is 3.53. The second-order valence-corrected chi connectivity index (χ2v) is 5.56. The molecule has 0 aromatic carbocycles. The van der Waals surface area contributed by atoms with Gasteiger partial charge in [-0.3, -0.25) is 4.79 Å². The van der Waals surface area contributed by atoms with Gasteiger partial charge < -0.3 is 15.3 Å². The molecule has 0 radical (unpaired) electrons. The third kappa shape index (κ3) is 1.96. The number of piperidine rings is 1. The molecule has 16 heavy (non-hydrogen) atoms. The lowest BCUT2D eigenvalue weighted by Crippen LogP contribution is -2.51. The smallest absolute Gasteiger partial charge is 0.320 e. The molecule has 2 N–H and O–H groups in total. The van der Waals surface area contributed by atoms with Gasteiger partial charge >= 0.3 is 5.97 Å². The summed E-state index contributed by atoms with van der Waals surface area (Å²) in [7, 11) is 0. The molecule has 3 aliphatic rings. The van der Waals surface area contributed by atoms with Crippen molar-refractivity contribution in [1.29, 1.82) is 0 Å². The fourth-order valence-electron chi connectivity index (χ4n) is 3.24. The Balaban J connectivity index is 1.62. The first-order valence-electron chi connectivity index (χ1n) is 6.45. The highest BCUT2D eigenvalue weighted by Gasteiger charge is 2.41. The van der Waals surface area contributed by atoms with Gasteiger partial charge in [-0.1, -0.05) is 0 Å². The molecule has 4 unspecified atom stereocenters. The van der Waals surface area contributed by atoms with E-state index in [0.717, 1.165) is 25.8 Å². The number of carboxylic acids is 1. The largest absolute Gasteiger partial charge is 0.480 e. The fraction of sp³-hybridized carbons (Fsp3) is 0.917. The summed E-state index contributed by atoms with van der Waals surface area (Å²) in [4.78, 5) is 13.7. The van der Waals surface area contributed by atoms with Gasteiger partial charge in [0, 0.05) is 12.6 Å². The highest BCUT2D eigenvalue weighted by molar-refractivity contribution is 5.74. The van der Waals surface area contributed by atoms with Crippen LogP contribution in [0.15, 0.2) is 0 Å². The second kappa shape index (κ2) is 4.00. The van der Waals surface area contributed by atoms with E-state index in [1.165, 1.54) is 19.5 Å². The molecule has 0 spiro atoms. The summed E-state index contributed by atoms with van der Waals surface area (Å²) in [5.74, 6) is 0.439. The highest BCUT2D eigenvalue weighted by Crippen LogP contribution is 2.35. The molecule has 4 heteroatoms. The molecule has 3 rings (SSSR count). The Morgan fingerprint density at radius 3 is 2.69 bits per heavy atom. The van der Waals surface area contributed by atoms with E-state index >= 15 is 0 Å². The molecule has 0 aromatic heterocycles. The molecule has 2 bridgehead atoms. The van der Waals surface area contributed by atoms with Crippen molar-refractivity contribution in [2.24, 2.45) is 11.8 Å². The number of carbonyl (C=O) groups is 1. The van der Waals surface area contributed by atoms with E-state index in [2.05, 4.69) is 10.2 Å². The van der Waals surface area contributed by atoms with E-state index in [1.54, 1.807) is 0 Å². The SMILES string of the molecule is O=C(O)C(NC1CCN2CCC1C2)C1CC1. The van der Waals surface area contributed by atoms with Crippen LogP contribution in [0.2, 0.25) is 0 Å². The summed E-state index contributed by atoms with van der Waals surface area (Å²) < 4.78 is 0. The van der Waals surface area contributed by atoms with Gasteiger partial charge in [0.2, 0.25) is 0 Å². The molecule has 4 nitrogen and oxygen atoms in total. The van der Waals surface area contributed by atoms with E-state index in [4.69, 9.17) is 0 Å². The summed E-state index contributed by atoms with van der Waals surface area (Å²) >= 11 is 0. The number of nitrogens with zero attached hydrogens (tertiary/aromatic N) is 1. The Kier molecular flexibility index (Phi) is 2.64. The standard InChI is InChI=1S/C12H20N2O2/c15-12(16)11(8-1-2-8)13-10-4-6-14-5-3-9(10)7-14/h8-11,13H,1-7H2,(H,15,16). The van der Waals surface area contributed by atoms with E-state index in [0.29, 0.717) is 17.9 Å². The highest BCUT2D eigenvalue weighted by atomic mass is 16.4. The van der Waals surface area contributed by atoms with Crippen molar-refractivity contribution in [2.45, 2.75) is 37.8 Å². The predicted octanol–water partition coefficient (Wildman–Crippen LogP) is 0.533. The molecule has 0 aromatic rings. The van der Waals surface area contributed by atoms with Gasteiger partial charge in [0.25, 0.3) is 0 Å². The number of carboxylic acid groups (broad SMARTS) is 1. The van der Waals surface area contributed by atoms with Crippen LogP contribution in [0.25, 0.3) is 0 Å². The third-order valence-electron chi connectivity index (χ3n) is 4.39. The minimum absolute atomic E-state index is 0.280. The van der Waals surface area contributed by atoms with Gasteiger partial charge in [-0.25, -0.2) is 0 Å². The third-order valence-corrected chi connectivity index (χ3v) is 4.39. The lowest BCUT2D eigenvalue weighted by Gasteiger charge is -2.33. The molecule has 1 saturated carbocycles. The molecule has 2 aliphatic heterocycles. The summed E-state index contributed by atoms with van der Waals surface area (Å²) in [6, 6.07) is 0.164. The van der Waals surface area contributed by atoms with Gasteiger partial charge in [-0.15, -0.1) is 0 Å². The summed E-state index contributed by atoms with van der Waals surface area (Å²) in [5, 5.41) is 12.6. The van der Waals surface area contributed by atoms with E-state index in [9.17, 15) is 9.90 Å². The van der Waals surface area contributed by atoms with Gasteiger partial charge in [-0.05, 0) is 50.6 Å². The molecule has 2 saturated heterocycles.